The van der Waals surface area contributed by atoms with E-state index in [1.165, 1.54) is 29.2 Å². The standard InChI is InChI=1S/C20H30FN5O4/c1-24(13-19(28)23-17-5-3-16(21)4-6-17)20(29)15-26-10-8-25(9-11-26)14-18(27)22-7-12-30-2/h3-6H,7-15H2,1-2H3,(H,22,27)(H,23,28). The minimum Gasteiger partial charge on any atom is -0.383 e. The number of carbonyl (C=O) groups is 3. The molecule has 1 aromatic carbocycles. The molecule has 1 fully saturated rings. The van der Waals surface area contributed by atoms with Crippen molar-refractivity contribution >= 4 is 23.4 Å². The number of anilines is 1. The van der Waals surface area contributed by atoms with Crippen molar-refractivity contribution in [3.8, 4) is 0 Å². The molecular formula is C20H30FN5O4. The Labute approximate surface area is 176 Å². The molecule has 0 aromatic heterocycles. The van der Waals surface area contributed by atoms with Gasteiger partial charge in [-0.05, 0) is 24.3 Å². The Balaban J connectivity index is 1.66. The molecule has 1 aliphatic rings. The van der Waals surface area contributed by atoms with Gasteiger partial charge in [-0.25, -0.2) is 4.39 Å². The highest BCUT2D eigenvalue weighted by Crippen LogP contribution is 2.08. The molecule has 0 aliphatic carbocycles. The zero-order chi connectivity index (χ0) is 21.9. The van der Waals surface area contributed by atoms with Gasteiger partial charge in [0.15, 0.2) is 0 Å². The predicted molar refractivity (Wildman–Crippen MR) is 110 cm³/mol. The van der Waals surface area contributed by atoms with Crippen LogP contribution in [0.5, 0.6) is 0 Å². The van der Waals surface area contributed by atoms with E-state index >= 15 is 0 Å². The average molecular weight is 423 g/mol. The van der Waals surface area contributed by atoms with Gasteiger partial charge in [0.25, 0.3) is 0 Å². The van der Waals surface area contributed by atoms with Crippen LogP contribution in [0.25, 0.3) is 0 Å². The summed E-state index contributed by atoms with van der Waals surface area (Å²) in [5, 5.41) is 5.43. The molecule has 1 saturated heterocycles. The number of ether oxygens (including phenoxy) is 1. The van der Waals surface area contributed by atoms with Crippen LogP contribution in [0.1, 0.15) is 0 Å². The number of likely N-dealkylation sites (N-methyl/N-ethyl adjacent to an activating group) is 1. The van der Waals surface area contributed by atoms with Gasteiger partial charge in [0.1, 0.15) is 5.82 Å². The normalized spacial score (nSPS) is 14.9. The molecule has 30 heavy (non-hydrogen) atoms. The first-order chi connectivity index (χ1) is 14.4. The highest BCUT2D eigenvalue weighted by Gasteiger charge is 2.22. The number of rotatable bonds is 10. The minimum absolute atomic E-state index is 0.0384. The number of methoxy groups -OCH3 is 1. The molecule has 2 rings (SSSR count). The van der Waals surface area contributed by atoms with E-state index in [1.807, 2.05) is 9.80 Å². The zero-order valence-electron chi connectivity index (χ0n) is 17.5. The first-order valence-electron chi connectivity index (χ1n) is 9.87. The number of halogens is 1. The molecule has 0 atom stereocenters. The topological polar surface area (TPSA) is 94.2 Å². The van der Waals surface area contributed by atoms with E-state index in [0.29, 0.717) is 51.6 Å². The van der Waals surface area contributed by atoms with Crippen LogP contribution in [-0.2, 0) is 19.1 Å². The van der Waals surface area contributed by atoms with Crippen LogP contribution >= 0.6 is 0 Å². The fourth-order valence-electron chi connectivity index (χ4n) is 3.01. The summed E-state index contributed by atoms with van der Waals surface area (Å²) in [4.78, 5) is 41.8. The van der Waals surface area contributed by atoms with E-state index in [2.05, 4.69) is 10.6 Å². The molecule has 9 nitrogen and oxygen atoms in total. The van der Waals surface area contributed by atoms with E-state index in [0.717, 1.165) is 0 Å². The van der Waals surface area contributed by atoms with E-state index < -0.39 is 0 Å². The second-order valence-electron chi connectivity index (χ2n) is 7.20. The number of hydrogen-bond acceptors (Lipinski definition) is 6. The van der Waals surface area contributed by atoms with Gasteiger partial charge in [-0.2, -0.15) is 0 Å². The van der Waals surface area contributed by atoms with Crippen molar-refractivity contribution in [3.63, 3.8) is 0 Å². The maximum Gasteiger partial charge on any atom is 0.243 e. The molecule has 3 amide bonds. The first kappa shape index (κ1) is 23.7. The fourth-order valence-corrected chi connectivity index (χ4v) is 3.01. The smallest absolute Gasteiger partial charge is 0.243 e. The summed E-state index contributed by atoms with van der Waals surface area (Å²) in [5.74, 6) is -0.924. The number of hydrogen-bond donors (Lipinski definition) is 2. The molecule has 2 N–H and O–H groups in total. The van der Waals surface area contributed by atoms with Gasteiger partial charge in [0.05, 0.1) is 26.2 Å². The number of piperazine rings is 1. The number of carbonyl (C=O) groups excluding carboxylic acids is 3. The quantitative estimate of drug-likeness (QED) is 0.498. The Morgan fingerprint density at radius 1 is 1.03 bits per heavy atom. The van der Waals surface area contributed by atoms with Crippen LogP contribution in [0.2, 0.25) is 0 Å². The Morgan fingerprint density at radius 3 is 2.23 bits per heavy atom. The van der Waals surface area contributed by atoms with Crippen molar-refractivity contribution in [1.29, 1.82) is 0 Å². The summed E-state index contributed by atoms with van der Waals surface area (Å²) in [5.41, 5.74) is 0.477. The lowest BCUT2D eigenvalue weighted by Gasteiger charge is -2.34. The lowest BCUT2D eigenvalue weighted by molar-refractivity contribution is -0.134. The Bertz CT molecular complexity index is 708. The highest BCUT2D eigenvalue weighted by atomic mass is 19.1. The van der Waals surface area contributed by atoms with Crippen molar-refractivity contribution in [1.82, 2.24) is 20.0 Å². The van der Waals surface area contributed by atoms with Gasteiger partial charge in [-0.3, -0.25) is 24.2 Å². The van der Waals surface area contributed by atoms with Crippen LogP contribution in [0.4, 0.5) is 10.1 Å². The van der Waals surface area contributed by atoms with Gasteiger partial charge >= 0.3 is 0 Å². The fraction of sp³-hybridized carbons (Fsp3) is 0.550. The van der Waals surface area contributed by atoms with Gasteiger partial charge in [-0.15, -0.1) is 0 Å². The van der Waals surface area contributed by atoms with E-state index in [9.17, 15) is 18.8 Å². The van der Waals surface area contributed by atoms with Crippen LogP contribution in [-0.4, -0.2) is 106 Å². The molecule has 0 unspecified atom stereocenters. The maximum atomic E-state index is 12.9. The van der Waals surface area contributed by atoms with Crippen molar-refractivity contribution in [3.05, 3.63) is 30.1 Å². The monoisotopic (exact) mass is 423 g/mol. The lowest BCUT2D eigenvalue weighted by atomic mass is 10.3. The summed E-state index contributed by atoms with van der Waals surface area (Å²) < 4.78 is 17.8. The number of benzene rings is 1. The van der Waals surface area contributed by atoms with Crippen LogP contribution in [0.3, 0.4) is 0 Å². The number of amides is 3. The van der Waals surface area contributed by atoms with Crippen LogP contribution in [0.15, 0.2) is 24.3 Å². The minimum atomic E-state index is -0.382. The van der Waals surface area contributed by atoms with Crippen molar-refractivity contribution in [2.45, 2.75) is 0 Å². The van der Waals surface area contributed by atoms with Gasteiger partial charge in [0, 0.05) is 52.6 Å². The first-order valence-corrected chi connectivity index (χ1v) is 9.87. The largest absolute Gasteiger partial charge is 0.383 e. The molecule has 0 radical (unpaired) electrons. The summed E-state index contributed by atoms with van der Waals surface area (Å²) in [7, 11) is 3.16. The summed E-state index contributed by atoms with van der Waals surface area (Å²) in [6.07, 6.45) is 0. The van der Waals surface area contributed by atoms with Crippen LogP contribution in [0, 0.1) is 5.82 Å². The zero-order valence-corrected chi connectivity index (χ0v) is 17.5. The second kappa shape index (κ2) is 12.2. The number of nitrogens with one attached hydrogen (secondary N) is 2. The van der Waals surface area contributed by atoms with Crippen molar-refractivity contribution < 1.29 is 23.5 Å². The molecular weight excluding hydrogens is 393 g/mol. The van der Waals surface area contributed by atoms with Crippen molar-refractivity contribution in [2.24, 2.45) is 0 Å². The SMILES string of the molecule is COCCNC(=O)CN1CCN(CC(=O)N(C)CC(=O)Nc2ccc(F)cc2)CC1. The summed E-state index contributed by atoms with van der Waals surface area (Å²) >= 11 is 0. The van der Waals surface area contributed by atoms with Gasteiger partial charge < -0.3 is 20.3 Å². The van der Waals surface area contributed by atoms with Gasteiger partial charge in [0.2, 0.25) is 17.7 Å². The van der Waals surface area contributed by atoms with E-state index in [-0.39, 0.29) is 36.6 Å². The maximum absolute atomic E-state index is 12.9. The summed E-state index contributed by atoms with van der Waals surface area (Å²) in [6, 6.07) is 5.44. The summed E-state index contributed by atoms with van der Waals surface area (Å²) in [6.45, 7) is 4.17. The van der Waals surface area contributed by atoms with Crippen molar-refractivity contribution in [2.75, 3.05) is 78.4 Å². The lowest BCUT2D eigenvalue weighted by Crippen LogP contribution is -2.52. The predicted octanol–water partition coefficient (Wildman–Crippen LogP) is -0.397. The Hall–Kier alpha value is -2.56. The van der Waals surface area contributed by atoms with E-state index in [4.69, 9.17) is 4.74 Å². The molecule has 0 spiro atoms. The average Bonchev–Trinajstić information content (AvgIpc) is 2.71. The Kier molecular flexibility index (Phi) is 9.65. The molecule has 10 heteroatoms. The van der Waals surface area contributed by atoms with E-state index in [1.54, 1.807) is 14.2 Å². The molecule has 1 aromatic rings. The number of nitrogens with zero attached hydrogens (tertiary/aromatic N) is 3. The third-order valence-electron chi connectivity index (χ3n) is 4.75. The Morgan fingerprint density at radius 2 is 1.63 bits per heavy atom. The molecule has 0 bridgehead atoms. The third kappa shape index (κ3) is 8.44. The van der Waals surface area contributed by atoms with Crippen LogP contribution < -0.4 is 10.6 Å². The molecule has 1 heterocycles. The molecule has 166 valence electrons. The third-order valence-corrected chi connectivity index (χ3v) is 4.75. The highest BCUT2D eigenvalue weighted by molar-refractivity contribution is 5.94. The second-order valence-corrected chi connectivity index (χ2v) is 7.20. The molecule has 1 aliphatic heterocycles. The van der Waals surface area contributed by atoms with Gasteiger partial charge in [-0.1, -0.05) is 0 Å². The molecule has 0 saturated carbocycles.